The number of nitrogens with one attached hydrogen (secondary N) is 1. The predicted molar refractivity (Wildman–Crippen MR) is 88.0 cm³/mol. The molecule has 0 aromatic heterocycles. The minimum absolute atomic E-state index is 0.0574. The molecule has 0 aliphatic carbocycles. The third kappa shape index (κ3) is 3.98. The van der Waals surface area contributed by atoms with Crippen LogP contribution in [0.1, 0.15) is 24.9 Å². The standard InChI is InChI=1S/C16H18N2O2S/c1-3-16(12-6-4-8-14(10-12)18(19)20)17-13-7-5-9-15(11-13)21-2/h4-11,16-17H,3H2,1-2H3. The number of hydrogen-bond acceptors (Lipinski definition) is 4. The highest BCUT2D eigenvalue weighted by molar-refractivity contribution is 7.98. The molecule has 110 valence electrons. The molecule has 5 heteroatoms. The zero-order chi connectivity index (χ0) is 15.2. The molecule has 0 bridgehead atoms. The second-order valence-corrected chi connectivity index (χ2v) is 5.57. The summed E-state index contributed by atoms with van der Waals surface area (Å²) in [5.41, 5.74) is 2.09. The van der Waals surface area contributed by atoms with Gasteiger partial charge in [0.15, 0.2) is 0 Å². The van der Waals surface area contributed by atoms with Gasteiger partial charge in [-0.2, -0.15) is 0 Å². The van der Waals surface area contributed by atoms with Crippen molar-refractivity contribution in [1.82, 2.24) is 0 Å². The molecule has 2 aromatic rings. The van der Waals surface area contributed by atoms with Crippen LogP contribution in [0.15, 0.2) is 53.4 Å². The Kier molecular flexibility index (Phi) is 5.22. The van der Waals surface area contributed by atoms with E-state index >= 15 is 0 Å². The number of nitro benzene ring substituents is 1. The Morgan fingerprint density at radius 2 is 2.00 bits per heavy atom. The number of benzene rings is 2. The number of non-ortho nitro benzene ring substituents is 1. The number of thioether (sulfide) groups is 1. The SMILES string of the molecule is CCC(Nc1cccc(SC)c1)c1cccc([N+](=O)[O-])c1. The van der Waals surface area contributed by atoms with E-state index in [1.165, 1.54) is 11.0 Å². The van der Waals surface area contributed by atoms with Crippen LogP contribution in [-0.4, -0.2) is 11.2 Å². The Balaban J connectivity index is 2.23. The van der Waals surface area contributed by atoms with Gasteiger partial charge >= 0.3 is 0 Å². The van der Waals surface area contributed by atoms with Crippen LogP contribution in [0.3, 0.4) is 0 Å². The monoisotopic (exact) mass is 302 g/mol. The van der Waals surface area contributed by atoms with E-state index in [1.807, 2.05) is 24.5 Å². The summed E-state index contributed by atoms with van der Waals surface area (Å²) in [6, 6.07) is 15.0. The first-order chi connectivity index (χ1) is 10.1. The molecule has 0 radical (unpaired) electrons. The van der Waals surface area contributed by atoms with Crippen molar-refractivity contribution in [3.63, 3.8) is 0 Å². The third-order valence-electron chi connectivity index (χ3n) is 3.30. The molecule has 0 aliphatic rings. The summed E-state index contributed by atoms with van der Waals surface area (Å²) in [5, 5.41) is 14.3. The second kappa shape index (κ2) is 7.13. The molecular weight excluding hydrogens is 284 g/mol. The average Bonchev–Trinajstić information content (AvgIpc) is 2.53. The third-order valence-corrected chi connectivity index (χ3v) is 4.03. The lowest BCUT2D eigenvalue weighted by atomic mass is 10.0. The van der Waals surface area contributed by atoms with Gasteiger partial charge in [0.2, 0.25) is 0 Å². The van der Waals surface area contributed by atoms with E-state index in [0.29, 0.717) is 0 Å². The number of nitro groups is 1. The van der Waals surface area contributed by atoms with Gasteiger partial charge < -0.3 is 5.32 Å². The molecule has 4 nitrogen and oxygen atoms in total. The molecule has 0 saturated heterocycles. The van der Waals surface area contributed by atoms with Crippen LogP contribution in [0.25, 0.3) is 0 Å². The van der Waals surface area contributed by atoms with Gasteiger partial charge in [0.1, 0.15) is 0 Å². The molecular formula is C16H18N2O2S. The van der Waals surface area contributed by atoms with Crippen LogP contribution >= 0.6 is 11.8 Å². The van der Waals surface area contributed by atoms with Gasteiger partial charge in [-0.25, -0.2) is 0 Å². The lowest BCUT2D eigenvalue weighted by Crippen LogP contribution is -2.10. The summed E-state index contributed by atoms with van der Waals surface area (Å²) in [6.07, 6.45) is 2.89. The Morgan fingerprint density at radius 1 is 1.24 bits per heavy atom. The van der Waals surface area contributed by atoms with Crippen molar-refractivity contribution in [2.45, 2.75) is 24.3 Å². The molecule has 1 unspecified atom stereocenters. The maximum absolute atomic E-state index is 10.9. The van der Waals surface area contributed by atoms with E-state index < -0.39 is 0 Å². The maximum Gasteiger partial charge on any atom is 0.269 e. The van der Waals surface area contributed by atoms with Crippen LogP contribution < -0.4 is 5.32 Å². The molecule has 0 fully saturated rings. The Morgan fingerprint density at radius 3 is 2.67 bits per heavy atom. The second-order valence-electron chi connectivity index (χ2n) is 4.69. The van der Waals surface area contributed by atoms with Crippen molar-refractivity contribution in [3.8, 4) is 0 Å². The molecule has 0 saturated carbocycles. The number of anilines is 1. The quantitative estimate of drug-likeness (QED) is 0.469. The Bertz CT molecular complexity index is 631. The van der Waals surface area contributed by atoms with E-state index in [9.17, 15) is 10.1 Å². The van der Waals surface area contributed by atoms with Crippen molar-refractivity contribution in [2.24, 2.45) is 0 Å². The minimum atomic E-state index is -0.357. The topological polar surface area (TPSA) is 55.2 Å². The van der Waals surface area contributed by atoms with Crippen LogP contribution in [-0.2, 0) is 0 Å². The Labute approximate surface area is 128 Å². The van der Waals surface area contributed by atoms with Crippen molar-refractivity contribution in [3.05, 3.63) is 64.2 Å². The number of hydrogen-bond donors (Lipinski definition) is 1. The van der Waals surface area contributed by atoms with Crippen molar-refractivity contribution >= 4 is 23.1 Å². The van der Waals surface area contributed by atoms with Gasteiger partial charge in [0.25, 0.3) is 5.69 Å². The fourth-order valence-corrected chi connectivity index (χ4v) is 2.65. The van der Waals surface area contributed by atoms with E-state index in [-0.39, 0.29) is 16.7 Å². The van der Waals surface area contributed by atoms with Crippen LogP contribution in [0.4, 0.5) is 11.4 Å². The van der Waals surface area contributed by atoms with E-state index in [2.05, 4.69) is 24.4 Å². The summed E-state index contributed by atoms with van der Waals surface area (Å²) in [6.45, 7) is 2.06. The molecule has 0 aliphatic heterocycles. The summed E-state index contributed by atoms with van der Waals surface area (Å²) >= 11 is 1.69. The molecule has 2 rings (SSSR count). The Hall–Kier alpha value is -2.01. The van der Waals surface area contributed by atoms with Crippen molar-refractivity contribution in [1.29, 1.82) is 0 Å². The fraction of sp³-hybridized carbons (Fsp3) is 0.250. The van der Waals surface area contributed by atoms with Gasteiger partial charge in [-0.1, -0.05) is 25.1 Å². The van der Waals surface area contributed by atoms with Gasteiger partial charge in [-0.05, 0) is 36.4 Å². The van der Waals surface area contributed by atoms with E-state index in [1.54, 1.807) is 23.9 Å². The number of rotatable bonds is 6. The lowest BCUT2D eigenvalue weighted by molar-refractivity contribution is -0.384. The van der Waals surface area contributed by atoms with Gasteiger partial charge in [0.05, 0.1) is 11.0 Å². The first kappa shape index (κ1) is 15.4. The largest absolute Gasteiger partial charge is 0.378 e. The van der Waals surface area contributed by atoms with Gasteiger partial charge in [0, 0.05) is 22.7 Å². The molecule has 1 atom stereocenters. The summed E-state index contributed by atoms with van der Waals surface area (Å²) in [4.78, 5) is 11.7. The zero-order valence-electron chi connectivity index (χ0n) is 12.1. The smallest absolute Gasteiger partial charge is 0.269 e. The highest BCUT2D eigenvalue weighted by Crippen LogP contribution is 2.27. The minimum Gasteiger partial charge on any atom is -0.378 e. The van der Waals surface area contributed by atoms with Gasteiger partial charge in [-0.3, -0.25) is 10.1 Å². The molecule has 0 spiro atoms. The average molecular weight is 302 g/mol. The highest BCUT2D eigenvalue weighted by atomic mass is 32.2. The normalized spacial score (nSPS) is 11.9. The highest BCUT2D eigenvalue weighted by Gasteiger charge is 2.13. The van der Waals surface area contributed by atoms with Crippen molar-refractivity contribution < 1.29 is 4.92 Å². The van der Waals surface area contributed by atoms with Crippen LogP contribution in [0, 0.1) is 10.1 Å². The van der Waals surface area contributed by atoms with Crippen LogP contribution in [0.5, 0.6) is 0 Å². The summed E-state index contributed by atoms with van der Waals surface area (Å²) < 4.78 is 0. The number of nitrogens with zero attached hydrogens (tertiary/aromatic N) is 1. The molecule has 1 N–H and O–H groups in total. The maximum atomic E-state index is 10.9. The molecule has 21 heavy (non-hydrogen) atoms. The first-order valence-electron chi connectivity index (χ1n) is 6.79. The van der Waals surface area contributed by atoms with E-state index in [4.69, 9.17) is 0 Å². The summed E-state index contributed by atoms with van der Waals surface area (Å²) in [5.74, 6) is 0. The first-order valence-corrected chi connectivity index (χ1v) is 8.01. The fourth-order valence-electron chi connectivity index (χ4n) is 2.19. The summed E-state index contributed by atoms with van der Waals surface area (Å²) in [7, 11) is 0. The van der Waals surface area contributed by atoms with Gasteiger partial charge in [-0.15, -0.1) is 11.8 Å². The molecule has 0 heterocycles. The predicted octanol–water partition coefficient (Wildman–Crippen LogP) is 4.88. The zero-order valence-corrected chi connectivity index (χ0v) is 12.9. The van der Waals surface area contributed by atoms with Crippen molar-refractivity contribution in [2.75, 3.05) is 11.6 Å². The van der Waals surface area contributed by atoms with Crippen LogP contribution in [0.2, 0.25) is 0 Å². The lowest BCUT2D eigenvalue weighted by Gasteiger charge is -2.19. The molecule has 0 amide bonds. The molecule has 2 aromatic carbocycles. The van der Waals surface area contributed by atoms with E-state index in [0.717, 1.165) is 17.7 Å².